The van der Waals surface area contributed by atoms with Gasteiger partial charge in [0.1, 0.15) is 0 Å². The van der Waals surface area contributed by atoms with E-state index < -0.39 is 0 Å². The van der Waals surface area contributed by atoms with Crippen LogP contribution in [0.25, 0.3) is 0 Å². The Bertz CT molecular complexity index is 239. The molecule has 2 nitrogen and oxygen atoms in total. The van der Waals surface area contributed by atoms with Crippen molar-refractivity contribution in [2.45, 2.75) is 79.9 Å². The molecule has 0 aromatic rings. The first-order chi connectivity index (χ1) is 7.96. The molecule has 0 fully saturated rings. The SMILES string of the molecule is CCOC(C)(C)C(C)(C)CCOC(C)(C)C(C)C. The van der Waals surface area contributed by atoms with Crippen LogP contribution in [0.4, 0.5) is 0 Å². The summed E-state index contributed by atoms with van der Waals surface area (Å²) in [6, 6.07) is 0. The molecule has 0 aliphatic heterocycles. The first-order valence-electron chi connectivity index (χ1n) is 7.24. The van der Waals surface area contributed by atoms with Gasteiger partial charge in [-0.15, -0.1) is 0 Å². The van der Waals surface area contributed by atoms with Gasteiger partial charge < -0.3 is 9.47 Å². The zero-order chi connectivity index (χ0) is 14.6. The molecule has 0 N–H and O–H groups in total. The fourth-order valence-corrected chi connectivity index (χ4v) is 1.59. The first-order valence-corrected chi connectivity index (χ1v) is 7.24. The quantitative estimate of drug-likeness (QED) is 0.630. The molecule has 0 bridgehead atoms. The summed E-state index contributed by atoms with van der Waals surface area (Å²) in [6.07, 6.45) is 1.01. The van der Waals surface area contributed by atoms with Gasteiger partial charge in [-0.3, -0.25) is 0 Å². The van der Waals surface area contributed by atoms with Crippen LogP contribution < -0.4 is 0 Å². The molecule has 18 heavy (non-hydrogen) atoms. The standard InChI is InChI=1S/C16H34O2/c1-10-17-16(8,9)14(4,5)11-12-18-15(6,7)13(2)3/h13H,10-12H2,1-9H3. The van der Waals surface area contributed by atoms with Crippen molar-refractivity contribution in [3.8, 4) is 0 Å². The molecule has 0 heterocycles. The second kappa shape index (κ2) is 6.38. The third-order valence-electron chi connectivity index (χ3n) is 4.73. The molecule has 0 aromatic carbocycles. The third-order valence-corrected chi connectivity index (χ3v) is 4.73. The Morgan fingerprint density at radius 3 is 1.78 bits per heavy atom. The second-order valence-corrected chi connectivity index (χ2v) is 7.18. The lowest BCUT2D eigenvalue weighted by atomic mass is 9.74. The van der Waals surface area contributed by atoms with E-state index in [1.807, 2.05) is 0 Å². The van der Waals surface area contributed by atoms with Crippen LogP contribution in [-0.2, 0) is 9.47 Å². The average molecular weight is 258 g/mol. The van der Waals surface area contributed by atoms with Crippen molar-refractivity contribution >= 4 is 0 Å². The highest BCUT2D eigenvalue weighted by Gasteiger charge is 2.37. The van der Waals surface area contributed by atoms with Gasteiger partial charge in [0.2, 0.25) is 0 Å². The van der Waals surface area contributed by atoms with Gasteiger partial charge in [0.25, 0.3) is 0 Å². The highest BCUT2D eigenvalue weighted by molar-refractivity contribution is 4.88. The predicted octanol–water partition coefficient (Wildman–Crippen LogP) is 4.67. The van der Waals surface area contributed by atoms with Crippen LogP contribution in [0.1, 0.15) is 68.7 Å². The van der Waals surface area contributed by atoms with E-state index in [9.17, 15) is 0 Å². The molecule has 0 aromatic heterocycles. The van der Waals surface area contributed by atoms with Crippen molar-refractivity contribution in [3.63, 3.8) is 0 Å². The topological polar surface area (TPSA) is 18.5 Å². The predicted molar refractivity (Wildman–Crippen MR) is 79.0 cm³/mol. The molecule has 0 unspecified atom stereocenters. The zero-order valence-corrected chi connectivity index (χ0v) is 14.0. The van der Waals surface area contributed by atoms with Crippen LogP contribution in [-0.4, -0.2) is 24.4 Å². The summed E-state index contributed by atoms with van der Waals surface area (Å²) in [4.78, 5) is 0. The van der Waals surface area contributed by atoms with Crippen molar-refractivity contribution in [2.24, 2.45) is 11.3 Å². The van der Waals surface area contributed by atoms with Crippen LogP contribution in [0, 0.1) is 11.3 Å². The van der Waals surface area contributed by atoms with Gasteiger partial charge in [-0.25, -0.2) is 0 Å². The zero-order valence-electron chi connectivity index (χ0n) is 14.0. The van der Waals surface area contributed by atoms with E-state index in [4.69, 9.17) is 9.47 Å². The molecule has 2 heteroatoms. The average Bonchev–Trinajstić information content (AvgIpc) is 2.16. The summed E-state index contributed by atoms with van der Waals surface area (Å²) in [7, 11) is 0. The summed E-state index contributed by atoms with van der Waals surface area (Å²) in [5.41, 5.74) is -0.0605. The fraction of sp³-hybridized carbons (Fsp3) is 1.00. The lowest BCUT2D eigenvalue weighted by molar-refractivity contribution is -0.118. The number of hydrogen-bond donors (Lipinski definition) is 0. The Balaban J connectivity index is 4.36. The largest absolute Gasteiger partial charge is 0.375 e. The van der Waals surface area contributed by atoms with Crippen LogP contribution in [0.5, 0.6) is 0 Å². The summed E-state index contributed by atoms with van der Waals surface area (Å²) >= 11 is 0. The van der Waals surface area contributed by atoms with Crippen molar-refractivity contribution in [1.82, 2.24) is 0 Å². The Morgan fingerprint density at radius 1 is 0.889 bits per heavy atom. The van der Waals surface area contributed by atoms with Crippen molar-refractivity contribution in [2.75, 3.05) is 13.2 Å². The van der Waals surface area contributed by atoms with E-state index in [1.54, 1.807) is 0 Å². The maximum atomic E-state index is 6.04. The van der Waals surface area contributed by atoms with Crippen molar-refractivity contribution in [1.29, 1.82) is 0 Å². The Labute approximate surface area is 114 Å². The molecule has 110 valence electrons. The van der Waals surface area contributed by atoms with Gasteiger partial charge in [0, 0.05) is 13.2 Å². The molecule has 0 saturated heterocycles. The first kappa shape index (κ1) is 17.9. The van der Waals surface area contributed by atoms with Crippen molar-refractivity contribution in [3.05, 3.63) is 0 Å². The van der Waals surface area contributed by atoms with Crippen molar-refractivity contribution < 1.29 is 9.47 Å². The molecular formula is C16H34O2. The smallest absolute Gasteiger partial charge is 0.0677 e. The second-order valence-electron chi connectivity index (χ2n) is 7.18. The molecule has 0 rings (SSSR count). The molecule has 0 radical (unpaired) electrons. The molecular weight excluding hydrogens is 224 g/mol. The molecule has 0 amide bonds. The van der Waals surface area contributed by atoms with E-state index in [0.29, 0.717) is 5.92 Å². The third kappa shape index (κ3) is 4.89. The Kier molecular flexibility index (Phi) is 6.35. The number of hydrogen-bond acceptors (Lipinski definition) is 2. The lowest BCUT2D eigenvalue weighted by Crippen LogP contribution is -2.43. The highest BCUT2D eigenvalue weighted by Crippen LogP contribution is 2.37. The van der Waals surface area contributed by atoms with Crippen LogP contribution >= 0.6 is 0 Å². The highest BCUT2D eigenvalue weighted by atomic mass is 16.5. The summed E-state index contributed by atoms with van der Waals surface area (Å²) in [6.45, 7) is 21.2. The van der Waals surface area contributed by atoms with Crippen LogP contribution in [0.15, 0.2) is 0 Å². The molecule has 0 aliphatic rings. The molecule has 0 spiro atoms. The van der Waals surface area contributed by atoms with Gasteiger partial charge in [-0.05, 0) is 52.4 Å². The monoisotopic (exact) mass is 258 g/mol. The van der Waals surface area contributed by atoms with E-state index in [2.05, 4.69) is 62.3 Å². The lowest BCUT2D eigenvalue weighted by Gasteiger charge is -2.42. The van der Waals surface area contributed by atoms with Crippen LogP contribution in [0.2, 0.25) is 0 Å². The van der Waals surface area contributed by atoms with Gasteiger partial charge >= 0.3 is 0 Å². The fourth-order valence-electron chi connectivity index (χ4n) is 1.59. The molecule has 0 aliphatic carbocycles. The Morgan fingerprint density at radius 2 is 1.39 bits per heavy atom. The van der Waals surface area contributed by atoms with Gasteiger partial charge in [-0.1, -0.05) is 27.7 Å². The van der Waals surface area contributed by atoms with E-state index in [0.717, 1.165) is 19.6 Å². The van der Waals surface area contributed by atoms with E-state index in [1.165, 1.54) is 0 Å². The van der Waals surface area contributed by atoms with Gasteiger partial charge in [0.05, 0.1) is 11.2 Å². The van der Waals surface area contributed by atoms with Crippen LogP contribution in [0.3, 0.4) is 0 Å². The molecule has 0 saturated carbocycles. The Hall–Kier alpha value is -0.0800. The minimum atomic E-state index is -0.118. The van der Waals surface area contributed by atoms with E-state index >= 15 is 0 Å². The maximum Gasteiger partial charge on any atom is 0.0677 e. The molecule has 0 atom stereocenters. The van der Waals surface area contributed by atoms with Gasteiger partial charge in [0.15, 0.2) is 0 Å². The minimum absolute atomic E-state index is 0.0498. The maximum absolute atomic E-state index is 6.04. The summed E-state index contributed by atoms with van der Waals surface area (Å²) in [5.74, 6) is 0.528. The summed E-state index contributed by atoms with van der Waals surface area (Å²) in [5, 5.41) is 0. The summed E-state index contributed by atoms with van der Waals surface area (Å²) < 4.78 is 11.9. The normalized spacial score (nSPS) is 14.3. The van der Waals surface area contributed by atoms with Gasteiger partial charge in [-0.2, -0.15) is 0 Å². The number of ether oxygens (including phenoxy) is 2. The number of rotatable bonds is 8. The van der Waals surface area contributed by atoms with E-state index in [-0.39, 0.29) is 16.6 Å². The minimum Gasteiger partial charge on any atom is -0.375 e.